The largest absolute Gasteiger partial charge is 0.341 e. The van der Waals surface area contributed by atoms with E-state index < -0.39 is 0 Å². The van der Waals surface area contributed by atoms with Gasteiger partial charge in [-0.25, -0.2) is 0 Å². The molecule has 1 aliphatic heterocycles. The standard InChI is InChI=1S/C17H17N/c1-2-13-18-16-9-5-3-7-14(16)11-12-15-8-4-6-10-17(15)18/h3-12H,2,13H2,1H3. The summed E-state index contributed by atoms with van der Waals surface area (Å²) in [5, 5.41) is 0. The number of anilines is 2. The quantitative estimate of drug-likeness (QED) is 0.728. The lowest BCUT2D eigenvalue weighted by molar-refractivity contribution is 0.885. The molecule has 0 saturated heterocycles. The molecule has 0 atom stereocenters. The fourth-order valence-corrected chi connectivity index (χ4v) is 2.52. The first-order chi connectivity index (χ1) is 8.90. The molecule has 2 aromatic carbocycles. The fraction of sp³-hybridized carbons (Fsp3) is 0.176. The van der Waals surface area contributed by atoms with Crippen LogP contribution in [0.4, 0.5) is 11.4 Å². The van der Waals surface area contributed by atoms with Crippen LogP contribution in [0.5, 0.6) is 0 Å². The van der Waals surface area contributed by atoms with Crippen molar-refractivity contribution in [3.63, 3.8) is 0 Å². The maximum atomic E-state index is 2.42. The lowest BCUT2D eigenvalue weighted by atomic mass is 10.1. The average molecular weight is 235 g/mol. The van der Waals surface area contributed by atoms with E-state index in [1.54, 1.807) is 0 Å². The molecule has 3 rings (SSSR count). The highest BCUT2D eigenvalue weighted by molar-refractivity contribution is 5.88. The zero-order chi connectivity index (χ0) is 12.4. The highest BCUT2D eigenvalue weighted by Crippen LogP contribution is 2.35. The van der Waals surface area contributed by atoms with Crippen molar-refractivity contribution >= 4 is 23.5 Å². The number of benzene rings is 2. The molecule has 18 heavy (non-hydrogen) atoms. The number of rotatable bonds is 2. The number of para-hydroxylation sites is 2. The van der Waals surface area contributed by atoms with Crippen molar-refractivity contribution in [2.75, 3.05) is 11.4 Å². The molecular formula is C17H17N. The van der Waals surface area contributed by atoms with Gasteiger partial charge in [0.25, 0.3) is 0 Å². The highest BCUT2D eigenvalue weighted by Gasteiger charge is 2.15. The SMILES string of the molecule is CCCN1c2ccccc2C=Cc2ccccc21. The van der Waals surface area contributed by atoms with Gasteiger partial charge in [-0.05, 0) is 29.7 Å². The van der Waals surface area contributed by atoms with Crippen LogP contribution in [0.25, 0.3) is 12.2 Å². The van der Waals surface area contributed by atoms with Gasteiger partial charge in [-0.2, -0.15) is 0 Å². The van der Waals surface area contributed by atoms with Gasteiger partial charge in [0.15, 0.2) is 0 Å². The second-order valence-electron chi connectivity index (χ2n) is 4.60. The van der Waals surface area contributed by atoms with Gasteiger partial charge in [0.1, 0.15) is 0 Å². The molecule has 1 heterocycles. The molecule has 0 bridgehead atoms. The lowest BCUT2D eigenvalue weighted by Gasteiger charge is -2.26. The molecule has 0 unspecified atom stereocenters. The summed E-state index contributed by atoms with van der Waals surface area (Å²) in [5.74, 6) is 0. The van der Waals surface area contributed by atoms with Crippen LogP contribution in [0.2, 0.25) is 0 Å². The molecule has 2 aromatic rings. The Balaban J connectivity index is 2.20. The Hall–Kier alpha value is -2.02. The van der Waals surface area contributed by atoms with E-state index in [-0.39, 0.29) is 0 Å². The van der Waals surface area contributed by atoms with Crippen LogP contribution in [0, 0.1) is 0 Å². The topological polar surface area (TPSA) is 3.24 Å². The molecule has 0 N–H and O–H groups in total. The summed E-state index contributed by atoms with van der Waals surface area (Å²) >= 11 is 0. The van der Waals surface area contributed by atoms with E-state index in [1.807, 2.05) is 0 Å². The van der Waals surface area contributed by atoms with Gasteiger partial charge in [-0.3, -0.25) is 0 Å². The third kappa shape index (κ3) is 1.82. The smallest absolute Gasteiger partial charge is 0.0484 e. The van der Waals surface area contributed by atoms with Crippen molar-refractivity contribution in [3.8, 4) is 0 Å². The minimum absolute atomic E-state index is 1.05. The summed E-state index contributed by atoms with van der Waals surface area (Å²) < 4.78 is 0. The second kappa shape index (κ2) is 4.69. The summed E-state index contributed by atoms with van der Waals surface area (Å²) in [4.78, 5) is 2.42. The maximum Gasteiger partial charge on any atom is 0.0484 e. The first-order valence-electron chi connectivity index (χ1n) is 6.54. The minimum atomic E-state index is 1.05. The van der Waals surface area contributed by atoms with Crippen molar-refractivity contribution in [2.24, 2.45) is 0 Å². The van der Waals surface area contributed by atoms with E-state index in [1.165, 1.54) is 22.5 Å². The van der Waals surface area contributed by atoms with E-state index in [2.05, 4.69) is 72.5 Å². The van der Waals surface area contributed by atoms with Crippen LogP contribution in [0.3, 0.4) is 0 Å². The lowest BCUT2D eigenvalue weighted by Crippen LogP contribution is -2.18. The predicted molar refractivity (Wildman–Crippen MR) is 79.1 cm³/mol. The summed E-state index contributed by atoms with van der Waals surface area (Å²) in [7, 11) is 0. The Kier molecular flexibility index (Phi) is 2.89. The number of hydrogen-bond acceptors (Lipinski definition) is 1. The number of fused-ring (bicyclic) bond motifs is 2. The van der Waals surface area contributed by atoms with Gasteiger partial charge >= 0.3 is 0 Å². The normalized spacial score (nSPS) is 12.8. The molecule has 0 radical (unpaired) electrons. The highest BCUT2D eigenvalue weighted by atomic mass is 15.1. The number of nitrogens with zero attached hydrogens (tertiary/aromatic N) is 1. The van der Waals surface area contributed by atoms with Crippen molar-refractivity contribution in [1.82, 2.24) is 0 Å². The van der Waals surface area contributed by atoms with Gasteiger partial charge in [-0.1, -0.05) is 55.5 Å². The molecule has 1 nitrogen and oxygen atoms in total. The Labute approximate surface area is 108 Å². The molecule has 0 aromatic heterocycles. The van der Waals surface area contributed by atoms with Crippen molar-refractivity contribution in [3.05, 3.63) is 59.7 Å². The van der Waals surface area contributed by atoms with E-state index >= 15 is 0 Å². The second-order valence-corrected chi connectivity index (χ2v) is 4.60. The maximum absolute atomic E-state index is 2.42. The van der Waals surface area contributed by atoms with Gasteiger partial charge in [0.2, 0.25) is 0 Å². The monoisotopic (exact) mass is 235 g/mol. The van der Waals surface area contributed by atoms with E-state index in [0.717, 1.165) is 13.0 Å². The van der Waals surface area contributed by atoms with Crippen molar-refractivity contribution in [1.29, 1.82) is 0 Å². The van der Waals surface area contributed by atoms with Gasteiger partial charge in [-0.15, -0.1) is 0 Å². The molecule has 1 heteroatoms. The van der Waals surface area contributed by atoms with E-state index in [9.17, 15) is 0 Å². The Bertz CT molecular complexity index is 534. The molecule has 90 valence electrons. The Morgan fingerprint density at radius 2 is 1.28 bits per heavy atom. The molecule has 0 saturated carbocycles. The summed E-state index contributed by atoms with van der Waals surface area (Å²) in [6, 6.07) is 17.2. The predicted octanol–water partition coefficient (Wildman–Crippen LogP) is 4.72. The third-order valence-electron chi connectivity index (χ3n) is 3.34. The minimum Gasteiger partial charge on any atom is -0.341 e. The first kappa shape index (κ1) is 11.1. The zero-order valence-corrected chi connectivity index (χ0v) is 10.6. The van der Waals surface area contributed by atoms with Gasteiger partial charge in [0, 0.05) is 17.9 Å². The van der Waals surface area contributed by atoms with Crippen LogP contribution in [-0.2, 0) is 0 Å². The van der Waals surface area contributed by atoms with Crippen LogP contribution >= 0.6 is 0 Å². The summed E-state index contributed by atoms with van der Waals surface area (Å²) in [5.41, 5.74) is 5.20. The van der Waals surface area contributed by atoms with Gasteiger partial charge in [0.05, 0.1) is 0 Å². The Morgan fingerprint density at radius 3 is 1.78 bits per heavy atom. The molecule has 0 aliphatic carbocycles. The molecule has 0 amide bonds. The molecule has 0 spiro atoms. The van der Waals surface area contributed by atoms with Crippen LogP contribution in [0.1, 0.15) is 24.5 Å². The van der Waals surface area contributed by atoms with Crippen LogP contribution in [0.15, 0.2) is 48.5 Å². The summed E-state index contributed by atoms with van der Waals surface area (Å²) in [6.45, 7) is 3.28. The van der Waals surface area contributed by atoms with Crippen LogP contribution in [-0.4, -0.2) is 6.54 Å². The zero-order valence-electron chi connectivity index (χ0n) is 10.6. The first-order valence-corrected chi connectivity index (χ1v) is 6.54. The molecular weight excluding hydrogens is 218 g/mol. The average Bonchev–Trinajstić information content (AvgIpc) is 2.58. The molecule has 1 aliphatic rings. The van der Waals surface area contributed by atoms with Gasteiger partial charge < -0.3 is 4.90 Å². The Morgan fingerprint density at radius 1 is 0.778 bits per heavy atom. The fourth-order valence-electron chi connectivity index (χ4n) is 2.52. The van der Waals surface area contributed by atoms with Crippen molar-refractivity contribution < 1.29 is 0 Å². The van der Waals surface area contributed by atoms with E-state index in [4.69, 9.17) is 0 Å². The van der Waals surface area contributed by atoms with Crippen LogP contribution < -0.4 is 4.90 Å². The van der Waals surface area contributed by atoms with Crippen molar-refractivity contribution in [2.45, 2.75) is 13.3 Å². The third-order valence-corrected chi connectivity index (χ3v) is 3.34. The summed E-state index contributed by atoms with van der Waals surface area (Å²) in [6.07, 6.45) is 5.57. The number of hydrogen-bond donors (Lipinski definition) is 0. The molecule has 0 fully saturated rings. The van der Waals surface area contributed by atoms with E-state index in [0.29, 0.717) is 0 Å².